The lowest BCUT2D eigenvalue weighted by atomic mass is 9.94. The van der Waals surface area contributed by atoms with Gasteiger partial charge in [-0.3, -0.25) is 0 Å². The highest BCUT2D eigenvalue weighted by Gasteiger charge is 2.14. The quantitative estimate of drug-likeness (QED) is 0.801. The van der Waals surface area contributed by atoms with Crippen molar-refractivity contribution in [3.8, 4) is 5.75 Å². The van der Waals surface area contributed by atoms with Gasteiger partial charge >= 0.3 is 0 Å². The van der Waals surface area contributed by atoms with E-state index in [1.54, 1.807) is 7.11 Å². The van der Waals surface area contributed by atoms with E-state index in [2.05, 4.69) is 51.2 Å². The Labute approximate surface area is 118 Å². The number of hydrogen-bond acceptors (Lipinski definition) is 2. The van der Waals surface area contributed by atoms with Gasteiger partial charge in [-0.05, 0) is 63.8 Å². The summed E-state index contributed by atoms with van der Waals surface area (Å²) in [6.07, 6.45) is 3.62. The lowest BCUT2D eigenvalue weighted by Gasteiger charge is -2.25. The van der Waals surface area contributed by atoms with Crippen molar-refractivity contribution in [2.45, 2.75) is 52.5 Å². The molecule has 0 saturated carbocycles. The summed E-state index contributed by atoms with van der Waals surface area (Å²) >= 11 is 0. The highest BCUT2D eigenvalue weighted by molar-refractivity contribution is 5.28. The molecule has 0 fully saturated rings. The second kappa shape index (κ2) is 7.54. The Hall–Kier alpha value is -1.02. The number of hydrogen-bond donors (Lipinski definition) is 1. The van der Waals surface area contributed by atoms with Gasteiger partial charge in [0.25, 0.3) is 0 Å². The predicted molar refractivity (Wildman–Crippen MR) is 82.9 cm³/mol. The van der Waals surface area contributed by atoms with Crippen molar-refractivity contribution >= 4 is 0 Å². The Morgan fingerprint density at radius 1 is 1.26 bits per heavy atom. The molecule has 0 heterocycles. The number of ether oxygens (including phenoxy) is 1. The van der Waals surface area contributed by atoms with Crippen molar-refractivity contribution in [3.05, 3.63) is 29.8 Å². The van der Waals surface area contributed by atoms with Gasteiger partial charge in [0.2, 0.25) is 0 Å². The van der Waals surface area contributed by atoms with Crippen LogP contribution in [-0.2, 0) is 6.42 Å². The zero-order chi connectivity index (χ0) is 14.3. The van der Waals surface area contributed by atoms with Gasteiger partial charge in [-0.1, -0.05) is 25.5 Å². The van der Waals surface area contributed by atoms with Gasteiger partial charge in [0.05, 0.1) is 7.11 Å². The van der Waals surface area contributed by atoms with E-state index in [1.807, 2.05) is 6.07 Å². The Balaban J connectivity index is 2.61. The van der Waals surface area contributed by atoms with Crippen LogP contribution in [0.1, 0.15) is 46.1 Å². The maximum Gasteiger partial charge on any atom is 0.119 e. The van der Waals surface area contributed by atoms with E-state index in [0.717, 1.165) is 18.7 Å². The maximum atomic E-state index is 5.29. The summed E-state index contributed by atoms with van der Waals surface area (Å²) in [5.74, 6) is 1.65. The third-order valence-electron chi connectivity index (χ3n) is 3.28. The molecule has 0 spiro atoms. The molecule has 0 aliphatic heterocycles. The van der Waals surface area contributed by atoms with Crippen LogP contribution in [0.5, 0.6) is 5.75 Å². The van der Waals surface area contributed by atoms with E-state index in [1.165, 1.54) is 18.4 Å². The van der Waals surface area contributed by atoms with Crippen molar-refractivity contribution in [1.82, 2.24) is 5.32 Å². The molecule has 0 aromatic heterocycles. The van der Waals surface area contributed by atoms with E-state index in [9.17, 15) is 0 Å². The minimum atomic E-state index is 0.195. The first kappa shape index (κ1) is 16.0. The molecule has 0 radical (unpaired) electrons. The summed E-state index contributed by atoms with van der Waals surface area (Å²) in [5.41, 5.74) is 1.56. The van der Waals surface area contributed by atoms with E-state index in [-0.39, 0.29) is 5.54 Å². The van der Waals surface area contributed by atoms with Crippen LogP contribution in [-0.4, -0.2) is 19.2 Å². The molecule has 1 N–H and O–H groups in total. The van der Waals surface area contributed by atoms with Crippen LogP contribution < -0.4 is 10.1 Å². The fourth-order valence-electron chi connectivity index (χ4n) is 2.27. The van der Waals surface area contributed by atoms with E-state index >= 15 is 0 Å². The molecule has 1 aromatic carbocycles. The summed E-state index contributed by atoms with van der Waals surface area (Å²) in [7, 11) is 1.73. The number of nitrogens with one attached hydrogen (secondary N) is 1. The lowest BCUT2D eigenvalue weighted by Crippen LogP contribution is -2.39. The van der Waals surface area contributed by atoms with E-state index in [0.29, 0.717) is 5.92 Å². The molecular formula is C17H29NO. The number of rotatable bonds is 7. The maximum absolute atomic E-state index is 5.29. The van der Waals surface area contributed by atoms with Gasteiger partial charge in [-0.2, -0.15) is 0 Å². The average Bonchev–Trinajstić information content (AvgIpc) is 2.35. The van der Waals surface area contributed by atoms with Gasteiger partial charge in [-0.15, -0.1) is 0 Å². The molecule has 1 aromatic rings. The Kier molecular flexibility index (Phi) is 6.36. The highest BCUT2D eigenvalue weighted by Crippen LogP contribution is 2.19. The summed E-state index contributed by atoms with van der Waals surface area (Å²) in [5, 5.41) is 3.62. The molecule has 2 heteroatoms. The molecule has 108 valence electrons. The van der Waals surface area contributed by atoms with Crippen molar-refractivity contribution in [1.29, 1.82) is 0 Å². The van der Waals surface area contributed by atoms with Crippen LogP contribution in [0.3, 0.4) is 0 Å². The van der Waals surface area contributed by atoms with Crippen molar-refractivity contribution in [2.75, 3.05) is 13.7 Å². The first-order valence-electron chi connectivity index (χ1n) is 7.32. The summed E-state index contributed by atoms with van der Waals surface area (Å²) in [6, 6.07) is 8.43. The van der Waals surface area contributed by atoms with Gasteiger partial charge in [0, 0.05) is 5.54 Å². The molecule has 0 bridgehead atoms. The molecule has 19 heavy (non-hydrogen) atoms. The third-order valence-corrected chi connectivity index (χ3v) is 3.28. The fraction of sp³-hybridized carbons (Fsp3) is 0.647. The fourth-order valence-corrected chi connectivity index (χ4v) is 2.27. The Morgan fingerprint density at radius 2 is 2.00 bits per heavy atom. The smallest absolute Gasteiger partial charge is 0.119 e. The molecule has 1 atom stereocenters. The van der Waals surface area contributed by atoms with Gasteiger partial charge in [-0.25, -0.2) is 0 Å². The van der Waals surface area contributed by atoms with Gasteiger partial charge in [0.1, 0.15) is 5.75 Å². The van der Waals surface area contributed by atoms with Crippen molar-refractivity contribution in [3.63, 3.8) is 0 Å². The number of methoxy groups -OCH3 is 1. The minimum Gasteiger partial charge on any atom is -0.497 e. The van der Waals surface area contributed by atoms with E-state index in [4.69, 9.17) is 4.74 Å². The molecular weight excluding hydrogens is 234 g/mol. The van der Waals surface area contributed by atoms with Crippen LogP contribution in [0.4, 0.5) is 0 Å². The molecule has 0 saturated heterocycles. The van der Waals surface area contributed by atoms with Crippen molar-refractivity contribution in [2.24, 2.45) is 5.92 Å². The second-order valence-electron chi connectivity index (χ2n) is 6.34. The molecule has 1 unspecified atom stereocenters. The number of benzene rings is 1. The van der Waals surface area contributed by atoms with Crippen LogP contribution in [0.2, 0.25) is 0 Å². The normalized spacial score (nSPS) is 13.3. The Morgan fingerprint density at radius 3 is 2.58 bits per heavy atom. The molecule has 0 aliphatic carbocycles. The van der Waals surface area contributed by atoms with Crippen molar-refractivity contribution < 1.29 is 4.74 Å². The first-order chi connectivity index (χ1) is 8.94. The van der Waals surface area contributed by atoms with Crippen LogP contribution in [0, 0.1) is 5.92 Å². The minimum absolute atomic E-state index is 0.195. The molecule has 2 nitrogen and oxygen atoms in total. The predicted octanol–water partition coefficient (Wildman–Crippen LogP) is 4.04. The average molecular weight is 263 g/mol. The van der Waals surface area contributed by atoms with Gasteiger partial charge in [0.15, 0.2) is 0 Å². The summed E-state index contributed by atoms with van der Waals surface area (Å²) < 4.78 is 5.29. The summed E-state index contributed by atoms with van der Waals surface area (Å²) in [4.78, 5) is 0. The standard InChI is InChI=1S/C17H29NO/c1-6-8-15(13-18-17(2,3)4)11-14-9-7-10-16(12-14)19-5/h7,9-10,12,15,18H,6,8,11,13H2,1-5H3. The zero-order valence-electron chi connectivity index (χ0n) is 13.1. The van der Waals surface area contributed by atoms with E-state index < -0.39 is 0 Å². The Bertz CT molecular complexity index is 368. The highest BCUT2D eigenvalue weighted by atomic mass is 16.5. The molecule has 0 aliphatic rings. The van der Waals surface area contributed by atoms with Crippen LogP contribution >= 0.6 is 0 Å². The largest absolute Gasteiger partial charge is 0.497 e. The van der Waals surface area contributed by atoms with Gasteiger partial charge < -0.3 is 10.1 Å². The van der Waals surface area contributed by atoms with Crippen LogP contribution in [0.25, 0.3) is 0 Å². The monoisotopic (exact) mass is 263 g/mol. The molecule has 1 rings (SSSR count). The van der Waals surface area contributed by atoms with Crippen LogP contribution in [0.15, 0.2) is 24.3 Å². The zero-order valence-corrected chi connectivity index (χ0v) is 13.1. The molecule has 0 amide bonds. The first-order valence-corrected chi connectivity index (χ1v) is 7.32. The lowest BCUT2D eigenvalue weighted by molar-refractivity contribution is 0.354. The summed E-state index contributed by atoms with van der Waals surface area (Å²) in [6.45, 7) is 10.0. The SMILES string of the molecule is CCCC(CNC(C)(C)C)Cc1cccc(OC)c1. The third kappa shape index (κ3) is 6.63. The topological polar surface area (TPSA) is 21.3 Å². The second-order valence-corrected chi connectivity index (χ2v) is 6.34.